The Kier molecular flexibility index (Phi) is 6.73. The number of hydrazone groups is 1. The van der Waals surface area contributed by atoms with Crippen LogP contribution in [0.5, 0.6) is 0 Å². The minimum Gasteiger partial charge on any atom is -0.347 e. The minimum atomic E-state index is -0.189. The Labute approximate surface area is 200 Å². The van der Waals surface area contributed by atoms with Gasteiger partial charge in [-0.1, -0.05) is 58.5 Å². The normalized spacial score (nSPS) is 15.7. The molecule has 4 rings (SSSR count). The number of halogens is 4. The Morgan fingerprint density at radius 3 is 2.16 bits per heavy atom. The molecule has 0 saturated heterocycles. The lowest BCUT2D eigenvalue weighted by Crippen LogP contribution is -2.29. The van der Waals surface area contributed by atoms with Gasteiger partial charge in [-0.3, -0.25) is 9.80 Å². The number of rotatable bonds is 5. The number of hydrogen-bond acceptors (Lipinski definition) is 3. The van der Waals surface area contributed by atoms with Crippen LogP contribution in [-0.2, 0) is 0 Å². The van der Waals surface area contributed by atoms with Crippen LogP contribution < -0.4 is 10.3 Å². The molecular formula is C23H17Cl4N3O. The van der Waals surface area contributed by atoms with Gasteiger partial charge in [0.2, 0.25) is 0 Å². The van der Waals surface area contributed by atoms with Crippen molar-refractivity contribution in [2.75, 3.05) is 11.6 Å². The number of amides is 1. The Hall–Kier alpha value is -2.24. The highest BCUT2D eigenvalue weighted by atomic mass is 35.5. The van der Waals surface area contributed by atoms with Crippen LogP contribution in [0.25, 0.3) is 0 Å². The minimum absolute atomic E-state index is 0.0848. The van der Waals surface area contributed by atoms with Crippen molar-refractivity contribution in [2.45, 2.75) is 12.5 Å². The zero-order valence-electron chi connectivity index (χ0n) is 16.2. The summed E-state index contributed by atoms with van der Waals surface area (Å²) >= 11 is 24.5. The van der Waals surface area contributed by atoms with Crippen molar-refractivity contribution in [1.82, 2.24) is 5.32 Å². The van der Waals surface area contributed by atoms with Gasteiger partial charge >= 0.3 is 0 Å². The van der Waals surface area contributed by atoms with Gasteiger partial charge in [0.05, 0.1) is 29.0 Å². The van der Waals surface area contributed by atoms with E-state index >= 15 is 0 Å². The molecule has 31 heavy (non-hydrogen) atoms. The Morgan fingerprint density at radius 1 is 0.903 bits per heavy atom. The first-order valence-electron chi connectivity index (χ1n) is 9.50. The third-order valence-electron chi connectivity index (χ3n) is 4.94. The van der Waals surface area contributed by atoms with Crippen molar-refractivity contribution >= 4 is 63.7 Å². The molecule has 1 aliphatic heterocycles. The summed E-state index contributed by atoms with van der Waals surface area (Å²) in [6.07, 6.45) is 0.626. The van der Waals surface area contributed by atoms with Gasteiger partial charge in [-0.2, -0.15) is 5.10 Å². The van der Waals surface area contributed by atoms with Gasteiger partial charge in [0.15, 0.2) is 0 Å². The van der Waals surface area contributed by atoms with Gasteiger partial charge in [-0.15, -0.1) is 0 Å². The average molecular weight is 493 g/mol. The number of carbonyl (C=O) groups is 1. The molecule has 0 spiro atoms. The second-order valence-electron chi connectivity index (χ2n) is 7.07. The van der Waals surface area contributed by atoms with E-state index in [4.69, 9.17) is 51.5 Å². The van der Waals surface area contributed by atoms with Gasteiger partial charge in [0, 0.05) is 27.1 Å². The highest BCUT2D eigenvalue weighted by molar-refractivity contribution is 6.36. The van der Waals surface area contributed by atoms with Crippen molar-refractivity contribution in [3.8, 4) is 0 Å². The van der Waals surface area contributed by atoms with E-state index in [-0.39, 0.29) is 11.9 Å². The van der Waals surface area contributed by atoms with Crippen molar-refractivity contribution < 1.29 is 4.79 Å². The van der Waals surface area contributed by atoms with Crippen LogP contribution in [0.4, 0.5) is 5.69 Å². The highest BCUT2D eigenvalue weighted by Gasteiger charge is 2.30. The molecule has 158 valence electrons. The zero-order valence-corrected chi connectivity index (χ0v) is 19.2. The first kappa shape index (κ1) is 22.0. The van der Waals surface area contributed by atoms with Crippen molar-refractivity contribution in [1.29, 1.82) is 0 Å². The fourth-order valence-electron chi connectivity index (χ4n) is 3.40. The highest BCUT2D eigenvalue weighted by Crippen LogP contribution is 2.39. The van der Waals surface area contributed by atoms with Crippen LogP contribution >= 0.6 is 46.4 Å². The molecule has 0 saturated carbocycles. The van der Waals surface area contributed by atoms with E-state index in [1.807, 2.05) is 35.3 Å². The lowest BCUT2D eigenvalue weighted by Gasteiger charge is -2.25. The number of carbonyl (C=O) groups excluding carboxylic acids is 1. The third-order valence-corrected chi connectivity index (χ3v) is 5.99. The summed E-state index contributed by atoms with van der Waals surface area (Å²) in [6, 6.07) is 19.6. The molecule has 4 nitrogen and oxygen atoms in total. The van der Waals surface area contributed by atoms with E-state index in [1.165, 1.54) is 0 Å². The summed E-state index contributed by atoms with van der Waals surface area (Å²) in [5.41, 5.74) is 3.14. The van der Waals surface area contributed by atoms with Crippen LogP contribution in [0.2, 0.25) is 20.1 Å². The summed E-state index contributed by atoms with van der Waals surface area (Å²) in [5.74, 6) is -0.189. The lowest BCUT2D eigenvalue weighted by molar-refractivity contribution is 0.0959. The summed E-state index contributed by atoms with van der Waals surface area (Å²) < 4.78 is 0. The third kappa shape index (κ3) is 5.16. The molecule has 0 fully saturated rings. The molecule has 1 N–H and O–H groups in total. The summed E-state index contributed by atoms with van der Waals surface area (Å²) in [5, 5.41) is 11.8. The van der Waals surface area contributed by atoms with E-state index in [0.717, 1.165) is 17.0 Å². The topological polar surface area (TPSA) is 44.7 Å². The fraction of sp³-hybridized carbons (Fsp3) is 0.130. The summed E-state index contributed by atoms with van der Waals surface area (Å²) in [6.45, 7) is 0.313. The predicted octanol–water partition coefficient (Wildman–Crippen LogP) is 7.04. The quantitative estimate of drug-likeness (QED) is 0.415. The van der Waals surface area contributed by atoms with Crippen LogP contribution in [0.15, 0.2) is 71.8 Å². The van der Waals surface area contributed by atoms with Crippen LogP contribution in [0.3, 0.4) is 0 Å². The van der Waals surface area contributed by atoms with Crippen LogP contribution in [0, 0.1) is 0 Å². The number of benzene rings is 3. The SMILES string of the molecule is O=C(NCC1=NN(c2ccc(Cl)cc2Cl)C(c2ccc(Cl)cc2)C1)c1ccc(Cl)cc1. The molecule has 0 radical (unpaired) electrons. The number of anilines is 1. The van der Waals surface area contributed by atoms with Crippen LogP contribution in [0.1, 0.15) is 28.4 Å². The molecule has 8 heteroatoms. The van der Waals surface area contributed by atoms with E-state index in [0.29, 0.717) is 38.6 Å². The number of hydrogen-bond donors (Lipinski definition) is 1. The van der Waals surface area contributed by atoms with Crippen molar-refractivity contribution in [2.24, 2.45) is 5.10 Å². The van der Waals surface area contributed by atoms with Crippen molar-refractivity contribution in [3.63, 3.8) is 0 Å². The molecule has 0 bridgehead atoms. The summed E-state index contributed by atoms with van der Waals surface area (Å²) in [7, 11) is 0. The van der Waals surface area contributed by atoms with Gasteiger partial charge < -0.3 is 5.32 Å². The predicted molar refractivity (Wildman–Crippen MR) is 129 cm³/mol. The molecule has 1 amide bonds. The lowest BCUT2D eigenvalue weighted by atomic mass is 10.0. The molecule has 0 aliphatic carbocycles. The smallest absolute Gasteiger partial charge is 0.251 e. The molecule has 1 atom stereocenters. The maximum absolute atomic E-state index is 12.5. The Morgan fingerprint density at radius 2 is 1.52 bits per heavy atom. The first-order valence-corrected chi connectivity index (χ1v) is 11.0. The van der Waals surface area contributed by atoms with Gasteiger partial charge in [0.25, 0.3) is 5.91 Å². The molecular weight excluding hydrogens is 476 g/mol. The van der Waals surface area contributed by atoms with E-state index in [9.17, 15) is 4.79 Å². The van der Waals surface area contributed by atoms with E-state index < -0.39 is 0 Å². The fourth-order valence-corrected chi connectivity index (χ4v) is 4.15. The van der Waals surface area contributed by atoms with Gasteiger partial charge in [-0.25, -0.2) is 0 Å². The summed E-state index contributed by atoms with van der Waals surface area (Å²) in [4.78, 5) is 12.5. The van der Waals surface area contributed by atoms with E-state index in [1.54, 1.807) is 36.4 Å². The molecule has 0 aromatic heterocycles. The maximum atomic E-state index is 12.5. The molecule has 3 aromatic carbocycles. The molecule has 1 heterocycles. The second-order valence-corrected chi connectivity index (χ2v) is 8.78. The monoisotopic (exact) mass is 491 g/mol. The maximum Gasteiger partial charge on any atom is 0.251 e. The van der Waals surface area contributed by atoms with E-state index in [2.05, 4.69) is 5.32 Å². The average Bonchev–Trinajstić information content (AvgIpc) is 3.17. The zero-order chi connectivity index (χ0) is 22.0. The Balaban J connectivity index is 1.57. The van der Waals surface area contributed by atoms with Gasteiger partial charge in [-0.05, 0) is 60.2 Å². The largest absolute Gasteiger partial charge is 0.347 e. The second kappa shape index (κ2) is 9.49. The first-order chi connectivity index (χ1) is 14.9. The Bertz CT molecular complexity index is 1130. The molecule has 1 unspecified atom stereocenters. The molecule has 1 aliphatic rings. The van der Waals surface area contributed by atoms with Crippen molar-refractivity contribution in [3.05, 3.63) is 97.9 Å². The number of nitrogens with one attached hydrogen (secondary N) is 1. The molecule has 3 aromatic rings. The van der Waals surface area contributed by atoms with Crippen LogP contribution in [-0.4, -0.2) is 18.2 Å². The number of nitrogens with zero attached hydrogens (tertiary/aromatic N) is 2. The van der Waals surface area contributed by atoms with Gasteiger partial charge in [0.1, 0.15) is 0 Å². The standard InChI is InChI=1S/C23H17Cl4N3O/c24-16-5-1-14(2-6-16)22-12-19(13-28-23(31)15-3-7-17(25)8-4-15)29-30(22)21-10-9-18(26)11-20(21)27/h1-11,22H,12-13H2,(H,28,31).